The first-order valence-electron chi connectivity index (χ1n) is 9.47. The summed E-state index contributed by atoms with van der Waals surface area (Å²) >= 11 is 0. The monoisotopic (exact) mass is 376 g/mol. The van der Waals surface area contributed by atoms with E-state index in [1.807, 2.05) is 29.1 Å². The van der Waals surface area contributed by atoms with E-state index in [4.69, 9.17) is 4.42 Å². The lowest BCUT2D eigenvalue weighted by Crippen LogP contribution is -2.27. The Morgan fingerprint density at radius 1 is 1.25 bits per heavy atom. The van der Waals surface area contributed by atoms with E-state index in [2.05, 4.69) is 46.6 Å². The Morgan fingerprint density at radius 3 is 2.86 bits per heavy atom. The summed E-state index contributed by atoms with van der Waals surface area (Å²) in [5.74, 6) is 0.968. The van der Waals surface area contributed by atoms with E-state index < -0.39 is 0 Å². The van der Waals surface area contributed by atoms with E-state index in [0.29, 0.717) is 12.3 Å². The number of carbonyl (C=O) groups is 1. The summed E-state index contributed by atoms with van der Waals surface area (Å²) in [5.41, 5.74) is 4.80. The van der Waals surface area contributed by atoms with Gasteiger partial charge >= 0.3 is 0 Å². The molecule has 0 fully saturated rings. The SMILES string of the molecule is CNC(=O)c1ccc(CN2CC=C(c3cnn(-c4ccccc4C)c3)CC2)o1. The van der Waals surface area contributed by atoms with Crippen LogP contribution in [0.3, 0.4) is 0 Å². The number of nitrogens with one attached hydrogen (secondary N) is 1. The zero-order valence-corrected chi connectivity index (χ0v) is 16.2. The van der Waals surface area contributed by atoms with Crippen LogP contribution in [0.1, 0.15) is 33.9 Å². The zero-order chi connectivity index (χ0) is 19.5. The number of para-hydroxylation sites is 1. The highest BCUT2D eigenvalue weighted by Crippen LogP contribution is 2.24. The van der Waals surface area contributed by atoms with Crippen LogP contribution in [-0.4, -0.2) is 40.7 Å². The topological polar surface area (TPSA) is 63.3 Å². The lowest BCUT2D eigenvalue weighted by molar-refractivity contribution is 0.0932. The van der Waals surface area contributed by atoms with Gasteiger partial charge in [-0.1, -0.05) is 24.3 Å². The summed E-state index contributed by atoms with van der Waals surface area (Å²) in [5, 5.41) is 7.12. The standard InChI is InChI=1S/C22H24N4O2/c1-16-5-3-4-6-20(16)26-14-18(13-24-26)17-9-11-25(12-10-17)15-19-7-8-21(28-19)22(27)23-2/h3-9,13-14H,10-12,15H2,1-2H3,(H,23,27). The molecule has 0 spiro atoms. The van der Waals surface area contributed by atoms with Gasteiger partial charge in [-0.2, -0.15) is 5.10 Å². The molecule has 0 saturated heterocycles. The first kappa shape index (κ1) is 18.3. The first-order chi connectivity index (χ1) is 13.6. The summed E-state index contributed by atoms with van der Waals surface area (Å²) in [7, 11) is 1.60. The van der Waals surface area contributed by atoms with Gasteiger partial charge in [0.2, 0.25) is 0 Å². The van der Waals surface area contributed by atoms with Crippen molar-refractivity contribution in [2.45, 2.75) is 19.9 Å². The Morgan fingerprint density at radius 2 is 2.11 bits per heavy atom. The normalized spacial score (nSPS) is 14.7. The van der Waals surface area contributed by atoms with Gasteiger partial charge in [0, 0.05) is 31.9 Å². The van der Waals surface area contributed by atoms with Gasteiger partial charge in [0.25, 0.3) is 5.91 Å². The fourth-order valence-corrected chi connectivity index (χ4v) is 3.49. The number of nitrogens with zero attached hydrogens (tertiary/aromatic N) is 3. The molecule has 28 heavy (non-hydrogen) atoms. The molecule has 0 atom stereocenters. The number of carbonyl (C=O) groups excluding carboxylic acids is 1. The van der Waals surface area contributed by atoms with Gasteiger partial charge in [0.15, 0.2) is 5.76 Å². The Balaban J connectivity index is 1.41. The number of furan rings is 1. The maximum absolute atomic E-state index is 11.6. The predicted molar refractivity (Wildman–Crippen MR) is 108 cm³/mol. The molecule has 1 amide bonds. The van der Waals surface area contributed by atoms with Crippen LogP contribution in [0.15, 0.2) is 59.3 Å². The number of hydrogen-bond acceptors (Lipinski definition) is 4. The third-order valence-electron chi connectivity index (χ3n) is 5.10. The van der Waals surface area contributed by atoms with E-state index >= 15 is 0 Å². The average Bonchev–Trinajstić information content (AvgIpc) is 3.38. The smallest absolute Gasteiger partial charge is 0.286 e. The second-order valence-corrected chi connectivity index (χ2v) is 7.02. The fourth-order valence-electron chi connectivity index (χ4n) is 3.49. The van der Waals surface area contributed by atoms with Crippen LogP contribution < -0.4 is 5.32 Å². The Labute approximate surface area is 164 Å². The minimum Gasteiger partial charge on any atom is -0.455 e. The van der Waals surface area contributed by atoms with Gasteiger partial charge in [-0.25, -0.2) is 4.68 Å². The van der Waals surface area contributed by atoms with Crippen LogP contribution in [0.5, 0.6) is 0 Å². The van der Waals surface area contributed by atoms with E-state index in [-0.39, 0.29) is 5.91 Å². The second kappa shape index (κ2) is 7.86. The third kappa shape index (κ3) is 3.77. The van der Waals surface area contributed by atoms with Crippen molar-refractivity contribution in [3.63, 3.8) is 0 Å². The molecule has 6 nitrogen and oxygen atoms in total. The number of rotatable bonds is 5. The van der Waals surface area contributed by atoms with Crippen molar-refractivity contribution in [2.75, 3.05) is 20.1 Å². The minimum absolute atomic E-state index is 0.197. The average molecular weight is 376 g/mol. The molecule has 3 aromatic rings. The Hall–Kier alpha value is -3.12. The summed E-state index contributed by atoms with van der Waals surface area (Å²) in [6, 6.07) is 11.8. The van der Waals surface area contributed by atoms with Crippen molar-refractivity contribution in [1.29, 1.82) is 0 Å². The quantitative estimate of drug-likeness (QED) is 0.741. The Bertz CT molecular complexity index is 1010. The molecular weight excluding hydrogens is 352 g/mol. The largest absolute Gasteiger partial charge is 0.455 e. The van der Waals surface area contributed by atoms with Crippen molar-refractivity contribution in [3.8, 4) is 5.69 Å². The van der Waals surface area contributed by atoms with Crippen molar-refractivity contribution in [3.05, 3.63) is 77.5 Å². The van der Waals surface area contributed by atoms with Crippen LogP contribution in [0.2, 0.25) is 0 Å². The molecule has 1 N–H and O–H groups in total. The molecule has 3 heterocycles. The Kier molecular flexibility index (Phi) is 5.12. The molecular formula is C22H24N4O2. The maximum Gasteiger partial charge on any atom is 0.286 e. The van der Waals surface area contributed by atoms with Gasteiger partial charge in [0.1, 0.15) is 5.76 Å². The maximum atomic E-state index is 11.6. The van der Waals surface area contributed by atoms with Crippen molar-refractivity contribution in [1.82, 2.24) is 20.0 Å². The summed E-state index contributed by atoms with van der Waals surface area (Å²) < 4.78 is 7.57. The molecule has 0 aliphatic carbocycles. The molecule has 1 aromatic carbocycles. The first-order valence-corrected chi connectivity index (χ1v) is 9.47. The third-order valence-corrected chi connectivity index (χ3v) is 5.10. The highest BCUT2D eigenvalue weighted by atomic mass is 16.4. The number of hydrogen-bond donors (Lipinski definition) is 1. The van der Waals surface area contributed by atoms with Gasteiger partial charge in [-0.05, 0) is 42.7 Å². The van der Waals surface area contributed by atoms with Crippen molar-refractivity contribution < 1.29 is 9.21 Å². The lowest BCUT2D eigenvalue weighted by atomic mass is 10.0. The van der Waals surface area contributed by atoms with E-state index in [9.17, 15) is 4.79 Å². The molecule has 2 aromatic heterocycles. The molecule has 4 rings (SSSR count). The van der Waals surface area contributed by atoms with Gasteiger partial charge in [-0.15, -0.1) is 0 Å². The highest BCUT2D eigenvalue weighted by Gasteiger charge is 2.17. The molecule has 0 unspecified atom stereocenters. The van der Waals surface area contributed by atoms with Crippen molar-refractivity contribution >= 4 is 11.5 Å². The van der Waals surface area contributed by atoms with Crippen LogP contribution >= 0.6 is 0 Å². The van der Waals surface area contributed by atoms with Gasteiger partial charge in [-0.3, -0.25) is 9.69 Å². The minimum atomic E-state index is -0.197. The summed E-state index contributed by atoms with van der Waals surface area (Å²) in [6.07, 6.45) is 7.26. The molecule has 6 heteroatoms. The zero-order valence-electron chi connectivity index (χ0n) is 16.2. The van der Waals surface area contributed by atoms with Crippen LogP contribution in [0.4, 0.5) is 0 Å². The van der Waals surface area contributed by atoms with Crippen LogP contribution in [0.25, 0.3) is 11.3 Å². The summed E-state index contributed by atoms with van der Waals surface area (Å²) in [4.78, 5) is 13.9. The number of benzene rings is 1. The van der Waals surface area contributed by atoms with Gasteiger partial charge in [0.05, 0.1) is 18.4 Å². The van der Waals surface area contributed by atoms with Crippen LogP contribution in [-0.2, 0) is 6.54 Å². The van der Waals surface area contributed by atoms with E-state index in [1.54, 1.807) is 13.1 Å². The molecule has 0 radical (unpaired) electrons. The van der Waals surface area contributed by atoms with Gasteiger partial charge < -0.3 is 9.73 Å². The summed E-state index contributed by atoms with van der Waals surface area (Å²) in [6.45, 7) is 4.58. The lowest BCUT2D eigenvalue weighted by Gasteiger charge is -2.25. The second-order valence-electron chi connectivity index (χ2n) is 7.02. The van der Waals surface area contributed by atoms with Crippen molar-refractivity contribution in [2.24, 2.45) is 0 Å². The van der Waals surface area contributed by atoms with Crippen LogP contribution in [0, 0.1) is 6.92 Å². The molecule has 144 valence electrons. The number of aromatic nitrogens is 2. The highest BCUT2D eigenvalue weighted by molar-refractivity contribution is 5.91. The van der Waals surface area contributed by atoms with E-state index in [1.165, 1.54) is 16.7 Å². The molecule has 1 aliphatic rings. The molecule has 0 bridgehead atoms. The fraction of sp³-hybridized carbons (Fsp3) is 0.273. The van der Waals surface area contributed by atoms with E-state index in [0.717, 1.165) is 31.0 Å². The molecule has 1 aliphatic heterocycles. The number of aryl methyl sites for hydroxylation is 1. The molecule has 0 saturated carbocycles. The predicted octanol–water partition coefficient (Wildman–Crippen LogP) is 3.42. The number of amides is 1.